The van der Waals surface area contributed by atoms with Crippen LogP contribution < -0.4 is 0 Å². The number of fused-ring (bicyclic) bond motifs is 2. The Morgan fingerprint density at radius 3 is 2.67 bits per heavy atom. The molecule has 2 saturated heterocycles. The molecule has 6 heteroatoms. The predicted octanol–water partition coefficient (Wildman–Crippen LogP) is -0.838. The van der Waals surface area contributed by atoms with E-state index in [1.54, 1.807) is 13.0 Å². The van der Waals surface area contributed by atoms with Crippen molar-refractivity contribution in [1.29, 1.82) is 0 Å². The van der Waals surface area contributed by atoms with E-state index in [9.17, 15) is 20.1 Å². The van der Waals surface area contributed by atoms with Crippen molar-refractivity contribution in [3.8, 4) is 0 Å². The van der Waals surface area contributed by atoms with Crippen LogP contribution in [0, 0.1) is 10.8 Å². The van der Waals surface area contributed by atoms with Gasteiger partial charge in [-0.05, 0) is 25.0 Å². The van der Waals surface area contributed by atoms with E-state index >= 15 is 0 Å². The van der Waals surface area contributed by atoms with Crippen LogP contribution in [0.4, 0.5) is 0 Å². The topological polar surface area (TPSA) is 99.5 Å². The second-order valence-electron chi connectivity index (χ2n) is 7.07. The summed E-state index contributed by atoms with van der Waals surface area (Å²) in [4.78, 5) is 12.3. The molecule has 6 nitrogen and oxygen atoms in total. The molecule has 0 aromatic carbocycles. The van der Waals surface area contributed by atoms with E-state index in [0.717, 1.165) is 0 Å². The van der Waals surface area contributed by atoms with Crippen LogP contribution in [0.25, 0.3) is 0 Å². The van der Waals surface area contributed by atoms with Gasteiger partial charge < -0.3 is 24.8 Å². The number of rotatable bonds is 1. The van der Waals surface area contributed by atoms with Crippen LogP contribution in [-0.2, 0) is 14.3 Å². The summed E-state index contributed by atoms with van der Waals surface area (Å²) in [6.07, 6.45) is -1.14. The minimum absolute atomic E-state index is 0.339. The fraction of sp³-hybridized carbons (Fsp3) is 0.800. The van der Waals surface area contributed by atoms with Gasteiger partial charge in [-0.2, -0.15) is 0 Å². The van der Waals surface area contributed by atoms with Crippen molar-refractivity contribution in [1.82, 2.24) is 0 Å². The van der Waals surface area contributed by atoms with E-state index in [1.807, 2.05) is 6.92 Å². The van der Waals surface area contributed by atoms with Gasteiger partial charge in [-0.25, -0.2) is 0 Å². The molecule has 4 aliphatic rings. The molecule has 0 radical (unpaired) electrons. The molecule has 7 atom stereocenters. The first-order valence-corrected chi connectivity index (χ1v) is 7.33. The first-order chi connectivity index (χ1) is 9.84. The molecule has 3 fully saturated rings. The molecule has 0 aromatic heterocycles. The zero-order chi connectivity index (χ0) is 15.2. The molecule has 2 aliphatic heterocycles. The highest BCUT2D eigenvalue weighted by atomic mass is 16.6. The number of aliphatic hydroxyl groups excluding tert-OH is 3. The van der Waals surface area contributed by atoms with Crippen LogP contribution in [0.5, 0.6) is 0 Å². The van der Waals surface area contributed by atoms with Gasteiger partial charge in [0.25, 0.3) is 0 Å². The maximum Gasteiger partial charge on any atom is 0.187 e. The lowest BCUT2D eigenvalue weighted by Gasteiger charge is -2.58. The van der Waals surface area contributed by atoms with Crippen molar-refractivity contribution >= 4 is 5.78 Å². The van der Waals surface area contributed by atoms with Gasteiger partial charge in [0.2, 0.25) is 0 Å². The molecule has 2 heterocycles. The molecule has 2 aliphatic carbocycles. The molecule has 4 rings (SSSR count). The highest BCUT2D eigenvalue weighted by Crippen LogP contribution is 2.70. The Labute approximate surface area is 122 Å². The van der Waals surface area contributed by atoms with E-state index < -0.39 is 47.5 Å². The number of hydrogen-bond donors (Lipinski definition) is 3. The van der Waals surface area contributed by atoms with Gasteiger partial charge in [0, 0.05) is 5.41 Å². The lowest BCUT2D eigenvalue weighted by atomic mass is 9.50. The monoisotopic (exact) mass is 296 g/mol. The molecule has 3 N–H and O–H groups in total. The minimum atomic E-state index is -1.35. The number of ether oxygens (including phenoxy) is 2. The predicted molar refractivity (Wildman–Crippen MR) is 70.4 cm³/mol. The number of Topliss-reactive ketones (excluding diaryl/α,β-unsaturated/α-hetero) is 1. The summed E-state index contributed by atoms with van der Waals surface area (Å²) in [5, 5.41) is 31.1. The normalized spacial score (nSPS) is 58.1. The number of hydrogen-bond acceptors (Lipinski definition) is 6. The van der Waals surface area contributed by atoms with Crippen LogP contribution in [-0.4, -0.2) is 64.3 Å². The third-order valence-electron chi connectivity index (χ3n) is 6.43. The lowest BCUT2D eigenvalue weighted by Crippen LogP contribution is -2.70. The third kappa shape index (κ3) is 1.22. The van der Waals surface area contributed by atoms with Gasteiger partial charge in [-0.1, -0.05) is 6.92 Å². The molecule has 0 amide bonds. The Hall–Kier alpha value is -0.790. The zero-order valence-electron chi connectivity index (χ0n) is 12.1. The van der Waals surface area contributed by atoms with E-state index in [2.05, 4.69) is 0 Å². The zero-order valence-corrected chi connectivity index (χ0v) is 12.1. The van der Waals surface area contributed by atoms with Gasteiger partial charge in [0.15, 0.2) is 5.78 Å². The minimum Gasteiger partial charge on any atom is -0.396 e. The number of carbonyl (C=O) groups is 1. The van der Waals surface area contributed by atoms with Gasteiger partial charge in [-0.15, -0.1) is 0 Å². The molecule has 1 saturated carbocycles. The second-order valence-corrected chi connectivity index (χ2v) is 7.07. The number of ketones is 1. The summed E-state index contributed by atoms with van der Waals surface area (Å²) < 4.78 is 11.6. The average Bonchev–Trinajstić information content (AvgIpc) is 3.20. The summed E-state index contributed by atoms with van der Waals surface area (Å²) >= 11 is 0. The Kier molecular flexibility index (Phi) is 2.47. The molecule has 1 spiro atoms. The molecular formula is C15H20O6. The highest BCUT2D eigenvalue weighted by Gasteiger charge is 2.83. The fourth-order valence-corrected chi connectivity index (χ4v) is 5.02. The Balaban J connectivity index is 1.95. The molecule has 2 unspecified atom stereocenters. The summed E-state index contributed by atoms with van der Waals surface area (Å²) in [5.74, 6) is -0.388. The Morgan fingerprint density at radius 1 is 1.43 bits per heavy atom. The fourth-order valence-electron chi connectivity index (χ4n) is 5.02. The van der Waals surface area contributed by atoms with E-state index in [1.165, 1.54) is 0 Å². The summed E-state index contributed by atoms with van der Waals surface area (Å²) in [5.41, 5.74) is -2.16. The number of aliphatic hydroxyl groups is 3. The smallest absolute Gasteiger partial charge is 0.187 e. The molecule has 0 aromatic rings. The van der Waals surface area contributed by atoms with Crippen LogP contribution in [0.1, 0.15) is 20.3 Å². The molecule has 21 heavy (non-hydrogen) atoms. The lowest BCUT2D eigenvalue weighted by molar-refractivity contribution is -0.244. The Morgan fingerprint density at radius 2 is 2.10 bits per heavy atom. The third-order valence-corrected chi connectivity index (χ3v) is 6.43. The average molecular weight is 296 g/mol. The van der Waals surface area contributed by atoms with Crippen molar-refractivity contribution in [3.05, 3.63) is 11.6 Å². The number of epoxide rings is 1. The van der Waals surface area contributed by atoms with Crippen molar-refractivity contribution < 1.29 is 29.6 Å². The van der Waals surface area contributed by atoms with Crippen LogP contribution >= 0.6 is 0 Å². The van der Waals surface area contributed by atoms with Crippen molar-refractivity contribution in [2.24, 2.45) is 10.8 Å². The first kappa shape index (κ1) is 13.8. The van der Waals surface area contributed by atoms with E-state index in [0.29, 0.717) is 18.6 Å². The summed E-state index contributed by atoms with van der Waals surface area (Å²) in [7, 11) is 0. The largest absolute Gasteiger partial charge is 0.396 e. The Bertz CT molecular complexity index is 552. The van der Waals surface area contributed by atoms with Gasteiger partial charge in [0.1, 0.15) is 17.8 Å². The molecular weight excluding hydrogens is 276 g/mol. The summed E-state index contributed by atoms with van der Waals surface area (Å²) in [6, 6.07) is 0. The standard InChI is InChI=1S/C15H20O6/c1-7-3-9-14(5-16,11(19)10(7)18)13(2)4-8(17)12(21-9)15(13)6-20-15/h3,8-9,11-12,16-17,19H,4-6H2,1-2H3/t8?,9-,11?,12+,13+,14+,15-/m0/s1. The maximum absolute atomic E-state index is 12.3. The quantitative estimate of drug-likeness (QED) is 0.546. The summed E-state index contributed by atoms with van der Waals surface area (Å²) in [6.45, 7) is 3.55. The van der Waals surface area contributed by atoms with Crippen molar-refractivity contribution in [2.45, 2.75) is 50.3 Å². The van der Waals surface area contributed by atoms with E-state index in [-0.39, 0.29) is 5.78 Å². The highest BCUT2D eigenvalue weighted by molar-refractivity contribution is 6.00. The van der Waals surface area contributed by atoms with Gasteiger partial charge in [-0.3, -0.25) is 4.79 Å². The van der Waals surface area contributed by atoms with Gasteiger partial charge >= 0.3 is 0 Å². The van der Waals surface area contributed by atoms with E-state index in [4.69, 9.17) is 9.47 Å². The number of carbonyl (C=O) groups excluding carboxylic acids is 1. The van der Waals surface area contributed by atoms with Crippen molar-refractivity contribution in [2.75, 3.05) is 13.2 Å². The maximum atomic E-state index is 12.3. The van der Waals surface area contributed by atoms with Crippen LogP contribution in [0.2, 0.25) is 0 Å². The SMILES string of the molecule is CC1=C[C@@H]2O[C@@H]3C(O)C[C@@](C)([C@]34CO4)[C@@]2(CO)C(O)C1=O. The first-order valence-electron chi connectivity index (χ1n) is 7.33. The van der Waals surface area contributed by atoms with Crippen LogP contribution in [0.3, 0.4) is 0 Å². The molecule has 116 valence electrons. The second kappa shape index (κ2) is 3.75. The van der Waals surface area contributed by atoms with Crippen LogP contribution in [0.15, 0.2) is 11.6 Å². The van der Waals surface area contributed by atoms with Crippen molar-refractivity contribution in [3.63, 3.8) is 0 Å². The molecule has 2 bridgehead atoms. The van der Waals surface area contributed by atoms with Gasteiger partial charge in [0.05, 0.1) is 30.8 Å².